The van der Waals surface area contributed by atoms with Crippen molar-refractivity contribution in [2.75, 3.05) is 6.54 Å². The molecule has 24 heavy (non-hydrogen) atoms. The summed E-state index contributed by atoms with van der Waals surface area (Å²) in [7, 11) is -3.76. The van der Waals surface area contributed by atoms with E-state index in [2.05, 4.69) is 4.72 Å². The molecule has 0 fully saturated rings. The molecule has 0 unspecified atom stereocenters. The standard InChI is InChI=1S/C17H19N3O3S/c18-11-14-6-8-15(9-7-14)24(22,23)20-12-17(21)16(19)10-13-4-2-1-3-5-13/h1-9,16-17,20-21H,10,12,19H2/t16-,17+/m0/s1. The molecule has 0 aliphatic rings. The van der Waals surface area contributed by atoms with Crippen molar-refractivity contribution in [2.24, 2.45) is 5.73 Å². The molecule has 0 aromatic heterocycles. The lowest BCUT2D eigenvalue weighted by molar-refractivity contribution is 0.148. The molecule has 0 heterocycles. The van der Waals surface area contributed by atoms with Gasteiger partial charge in [0.25, 0.3) is 0 Å². The number of nitrogens with zero attached hydrogens (tertiary/aromatic N) is 1. The molecule has 126 valence electrons. The van der Waals surface area contributed by atoms with Gasteiger partial charge in [-0.3, -0.25) is 0 Å². The molecule has 6 nitrogen and oxygen atoms in total. The second-order valence-corrected chi connectivity index (χ2v) is 7.18. The molecule has 0 saturated heterocycles. The van der Waals surface area contributed by atoms with Gasteiger partial charge in [0.15, 0.2) is 0 Å². The van der Waals surface area contributed by atoms with E-state index in [-0.39, 0.29) is 11.4 Å². The predicted octanol–water partition coefficient (Wildman–Crippen LogP) is 0.767. The molecule has 2 rings (SSSR count). The Bertz CT molecular complexity index is 799. The number of hydrogen-bond acceptors (Lipinski definition) is 5. The van der Waals surface area contributed by atoms with Gasteiger partial charge in [-0.1, -0.05) is 30.3 Å². The maximum Gasteiger partial charge on any atom is 0.240 e. The second kappa shape index (κ2) is 8.04. The molecule has 0 spiro atoms. The van der Waals surface area contributed by atoms with E-state index in [1.165, 1.54) is 24.3 Å². The Kier molecular flexibility index (Phi) is 6.06. The quantitative estimate of drug-likeness (QED) is 0.685. The van der Waals surface area contributed by atoms with Crippen molar-refractivity contribution >= 4 is 10.0 Å². The van der Waals surface area contributed by atoms with Crippen molar-refractivity contribution in [3.05, 3.63) is 65.7 Å². The van der Waals surface area contributed by atoms with Crippen LogP contribution in [0, 0.1) is 11.3 Å². The number of rotatable bonds is 7. The molecule has 2 aromatic rings. The van der Waals surface area contributed by atoms with Crippen molar-refractivity contribution in [2.45, 2.75) is 23.5 Å². The van der Waals surface area contributed by atoms with Crippen molar-refractivity contribution in [3.63, 3.8) is 0 Å². The maximum absolute atomic E-state index is 12.2. The van der Waals surface area contributed by atoms with Crippen LogP contribution in [0.5, 0.6) is 0 Å². The fourth-order valence-corrected chi connectivity index (χ4v) is 3.21. The van der Waals surface area contributed by atoms with Gasteiger partial charge >= 0.3 is 0 Å². The van der Waals surface area contributed by atoms with E-state index in [0.29, 0.717) is 12.0 Å². The first-order valence-corrected chi connectivity index (χ1v) is 8.88. The third-order valence-electron chi connectivity index (χ3n) is 3.58. The largest absolute Gasteiger partial charge is 0.390 e. The summed E-state index contributed by atoms with van der Waals surface area (Å²) in [4.78, 5) is 0.0327. The van der Waals surface area contributed by atoms with Crippen molar-refractivity contribution < 1.29 is 13.5 Å². The van der Waals surface area contributed by atoms with Gasteiger partial charge in [0.2, 0.25) is 10.0 Å². The summed E-state index contributed by atoms with van der Waals surface area (Å²) >= 11 is 0. The zero-order valence-electron chi connectivity index (χ0n) is 13.0. The zero-order valence-corrected chi connectivity index (χ0v) is 13.8. The van der Waals surface area contributed by atoms with Crippen molar-refractivity contribution in [1.82, 2.24) is 4.72 Å². The Morgan fingerprint density at radius 3 is 2.33 bits per heavy atom. The van der Waals surface area contributed by atoms with Gasteiger partial charge < -0.3 is 10.8 Å². The number of sulfonamides is 1. The third-order valence-corrected chi connectivity index (χ3v) is 5.02. The number of nitrogens with two attached hydrogens (primary N) is 1. The number of nitrogens with one attached hydrogen (secondary N) is 1. The molecule has 0 bridgehead atoms. The minimum Gasteiger partial charge on any atom is -0.390 e. The van der Waals surface area contributed by atoms with Gasteiger partial charge in [0.1, 0.15) is 0 Å². The molecule has 7 heteroatoms. The zero-order chi connectivity index (χ0) is 17.6. The highest BCUT2D eigenvalue weighted by Gasteiger charge is 2.20. The lowest BCUT2D eigenvalue weighted by Crippen LogP contribution is -2.44. The summed E-state index contributed by atoms with van der Waals surface area (Å²) < 4.78 is 26.7. The van der Waals surface area contributed by atoms with Gasteiger partial charge in [-0.15, -0.1) is 0 Å². The van der Waals surface area contributed by atoms with E-state index >= 15 is 0 Å². The average molecular weight is 345 g/mol. The van der Waals surface area contributed by atoms with Crippen LogP contribution in [-0.2, 0) is 16.4 Å². The van der Waals surface area contributed by atoms with Gasteiger partial charge in [0, 0.05) is 12.6 Å². The summed E-state index contributed by atoms with van der Waals surface area (Å²) in [5.41, 5.74) is 7.28. The Morgan fingerprint density at radius 1 is 1.12 bits per heavy atom. The Morgan fingerprint density at radius 2 is 1.75 bits per heavy atom. The Hall–Kier alpha value is -2.24. The van der Waals surface area contributed by atoms with Gasteiger partial charge in [-0.05, 0) is 36.2 Å². The van der Waals surface area contributed by atoms with Crippen LogP contribution in [-0.4, -0.2) is 32.2 Å². The van der Waals surface area contributed by atoms with E-state index in [9.17, 15) is 13.5 Å². The topological polar surface area (TPSA) is 116 Å². The van der Waals surface area contributed by atoms with E-state index in [0.717, 1.165) is 5.56 Å². The first kappa shape index (κ1) is 18.1. The molecular weight excluding hydrogens is 326 g/mol. The smallest absolute Gasteiger partial charge is 0.240 e. The summed E-state index contributed by atoms with van der Waals surface area (Å²) in [6.07, 6.45) is -0.570. The molecule has 0 aliphatic heterocycles. The van der Waals surface area contributed by atoms with Crippen molar-refractivity contribution in [1.29, 1.82) is 5.26 Å². The van der Waals surface area contributed by atoms with Crippen LogP contribution in [0.4, 0.5) is 0 Å². The first-order valence-electron chi connectivity index (χ1n) is 7.40. The van der Waals surface area contributed by atoms with E-state index < -0.39 is 22.2 Å². The molecule has 0 amide bonds. The summed E-state index contributed by atoms with van der Waals surface area (Å²) in [5.74, 6) is 0. The summed E-state index contributed by atoms with van der Waals surface area (Å²) in [6.45, 7) is -0.184. The van der Waals surface area contributed by atoms with Crippen LogP contribution in [0.15, 0.2) is 59.5 Å². The molecule has 2 atom stereocenters. The first-order chi connectivity index (χ1) is 11.4. The van der Waals surface area contributed by atoms with Crippen LogP contribution < -0.4 is 10.5 Å². The fraction of sp³-hybridized carbons (Fsp3) is 0.235. The highest BCUT2D eigenvalue weighted by molar-refractivity contribution is 7.89. The van der Waals surface area contributed by atoms with Gasteiger partial charge in [0.05, 0.1) is 22.6 Å². The molecule has 4 N–H and O–H groups in total. The number of benzene rings is 2. The second-order valence-electron chi connectivity index (χ2n) is 5.41. The van der Waals surface area contributed by atoms with E-state index in [1.807, 2.05) is 36.4 Å². The van der Waals surface area contributed by atoms with E-state index in [4.69, 9.17) is 11.0 Å². The minimum atomic E-state index is -3.76. The third kappa shape index (κ3) is 4.88. The summed E-state index contributed by atoms with van der Waals surface area (Å²) in [6, 6.07) is 16.3. The van der Waals surface area contributed by atoms with Crippen molar-refractivity contribution in [3.8, 4) is 6.07 Å². The van der Waals surface area contributed by atoms with Crippen LogP contribution >= 0.6 is 0 Å². The van der Waals surface area contributed by atoms with Gasteiger partial charge in [-0.25, -0.2) is 13.1 Å². The minimum absolute atomic E-state index is 0.0327. The normalized spacial score (nSPS) is 13.9. The molecule has 0 radical (unpaired) electrons. The molecular formula is C17H19N3O3S. The highest BCUT2D eigenvalue weighted by Crippen LogP contribution is 2.10. The molecule has 0 aliphatic carbocycles. The van der Waals surface area contributed by atoms with E-state index in [1.54, 1.807) is 0 Å². The lowest BCUT2D eigenvalue weighted by Gasteiger charge is -2.19. The number of aliphatic hydroxyl groups excluding tert-OH is 1. The maximum atomic E-state index is 12.2. The number of nitriles is 1. The number of hydrogen-bond donors (Lipinski definition) is 3. The Labute approximate surface area is 141 Å². The lowest BCUT2D eigenvalue weighted by atomic mass is 10.0. The average Bonchev–Trinajstić information content (AvgIpc) is 2.60. The predicted molar refractivity (Wildman–Crippen MR) is 90.5 cm³/mol. The van der Waals surface area contributed by atoms with Crippen LogP contribution in [0.2, 0.25) is 0 Å². The van der Waals surface area contributed by atoms with Gasteiger partial charge in [-0.2, -0.15) is 5.26 Å². The monoisotopic (exact) mass is 345 g/mol. The van der Waals surface area contributed by atoms with Crippen LogP contribution in [0.3, 0.4) is 0 Å². The highest BCUT2D eigenvalue weighted by atomic mass is 32.2. The number of aliphatic hydroxyl groups is 1. The fourth-order valence-electron chi connectivity index (χ4n) is 2.16. The molecule has 0 saturated carbocycles. The SMILES string of the molecule is N#Cc1ccc(S(=O)(=O)NC[C@@H](O)[C@@H](N)Cc2ccccc2)cc1. The Balaban J connectivity index is 1.94. The molecule has 2 aromatic carbocycles. The van der Waals surface area contributed by atoms with Crippen LogP contribution in [0.1, 0.15) is 11.1 Å². The summed E-state index contributed by atoms with van der Waals surface area (Å²) in [5, 5.41) is 18.8. The van der Waals surface area contributed by atoms with Crippen LogP contribution in [0.25, 0.3) is 0 Å².